The average molecular weight is 582 g/mol. The normalized spacial score (nSPS) is 13.5. The number of hydrogen-bond donors (Lipinski definition) is 4. The molecule has 3 aromatic carbocycles. The molecule has 0 atom stereocenters. The van der Waals surface area contributed by atoms with Gasteiger partial charge in [-0.05, 0) is 73.6 Å². The van der Waals surface area contributed by atoms with Crippen molar-refractivity contribution in [2.75, 3.05) is 60.7 Å². The van der Waals surface area contributed by atoms with E-state index in [-0.39, 0.29) is 0 Å². The number of ether oxygens (including phenoxy) is 1. The van der Waals surface area contributed by atoms with Gasteiger partial charge in [0.15, 0.2) is 0 Å². The van der Waals surface area contributed by atoms with Crippen molar-refractivity contribution in [2.24, 2.45) is 0 Å². The molecule has 1 fully saturated rings. The molecule has 0 amide bonds. The maximum Gasteiger partial charge on any atom is 0.233 e. The Morgan fingerprint density at radius 1 is 0.738 bits per heavy atom. The summed E-state index contributed by atoms with van der Waals surface area (Å²) >= 11 is 6.14. The van der Waals surface area contributed by atoms with Crippen molar-refractivity contribution in [3.8, 4) is 0 Å². The van der Waals surface area contributed by atoms with Crippen LogP contribution in [0.4, 0.5) is 40.6 Å². The Kier molecular flexibility index (Phi) is 8.84. The van der Waals surface area contributed by atoms with E-state index in [1.807, 2.05) is 78.9 Å². The van der Waals surface area contributed by atoms with Gasteiger partial charge < -0.3 is 26.0 Å². The molecular weight excluding hydrogens is 550 g/mol. The number of nitrogens with zero attached hydrogens (tertiary/aromatic N) is 5. The van der Waals surface area contributed by atoms with Crippen molar-refractivity contribution in [1.29, 1.82) is 0 Å². The van der Waals surface area contributed by atoms with Crippen LogP contribution in [-0.4, -0.2) is 64.2 Å². The molecule has 1 saturated heterocycles. The van der Waals surface area contributed by atoms with Crippen LogP contribution in [0.2, 0.25) is 5.02 Å². The number of anilines is 7. The molecule has 0 aliphatic carbocycles. The van der Waals surface area contributed by atoms with Gasteiger partial charge in [-0.3, -0.25) is 9.88 Å². The van der Waals surface area contributed by atoms with Crippen molar-refractivity contribution in [2.45, 2.75) is 6.42 Å². The number of pyridine rings is 1. The van der Waals surface area contributed by atoms with Crippen molar-refractivity contribution >= 4 is 63.1 Å². The summed E-state index contributed by atoms with van der Waals surface area (Å²) in [6.45, 7) is 5.32. The minimum Gasteiger partial charge on any atom is -0.379 e. The number of para-hydroxylation sites is 1. The summed E-state index contributed by atoms with van der Waals surface area (Å²) in [7, 11) is 0. The van der Waals surface area contributed by atoms with E-state index in [4.69, 9.17) is 16.3 Å². The Hall–Kier alpha value is -4.51. The molecule has 4 N–H and O–H groups in total. The van der Waals surface area contributed by atoms with Crippen molar-refractivity contribution in [3.05, 3.63) is 90.1 Å². The van der Waals surface area contributed by atoms with E-state index in [0.29, 0.717) is 22.9 Å². The van der Waals surface area contributed by atoms with Crippen molar-refractivity contribution in [3.63, 3.8) is 0 Å². The van der Waals surface area contributed by atoms with E-state index in [1.54, 1.807) is 6.20 Å². The zero-order valence-corrected chi connectivity index (χ0v) is 23.8. The molecule has 1 aliphatic rings. The lowest BCUT2D eigenvalue weighted by atomic mass is 10.2. The highest BCUT2D eigenvalue weighted by Crippen LogP contribution is 2.28. The number of nitrogens with one attached hydrogen (secondary N) is 4. The standard InChI is InChI=1S/C31H32ClN9O/c32-22-7-12-26-27(13-15-33-28(26)21-22)35-24-8-10-25(11-9-24)37-31-39-29(34-14-4-16-41-17-19-42-20-18-41)38-30(40-31)36-23-5-2-1-3-6-23/h1-3,5-13,15,21H,4,14,16-20H2,(H,33,35)(H3,34,36,37,38,39,40). The topological polar surface area (TPSA) is 112 Å². The number of benzene rings is 3. The maximum absolute atomic E-state index is 6.14. The molecule has 6 rings (SSSR count). The summed E-state index contributed by atoms with van der Waals surface area (Å²) in [6, 6.07) is 25.4. The molecule has 0 radical (unpaired) electrons. The lowest BCUT2D eigenvalue weighted by Crippen LogP contribution is -2.37. The predicted molar refractivity (Wildman–Crippen MR) is 170 cm³/mol. The molecule has 2 aromatic heterocycles. The number of hydrogen-bond acceptors (Lipinski definition) is 10. The van der Waals surface area contributed by atoms with Gasteiger partial charge in [0, 0.05) is 59.0 Å². The molecule has 0 spiro atoms. The maximum atomic E-state index is 6.14. The van der Waals surface area contributed by atoms with Gasteiger partial charge in [-0.2, -0.15) is 15.0 Å². The fourth-order valence-electron chi connectivity index (χ4n) is 4.70. The molecule has 0 unspecified atom stereocenters. The zero-order chi connectivity index (χ0) is 28.6. The van der Waals surface area contributed by atoms with Gasteiger partial charge in [0.25, 0.3) is 0 Å². The van der Waals surface area contributed by atoms with Crippen LogP contribution in [0.1, 0.15) is 6.42 Å². The third-order valence-electron chi connectivity index (χ3n) is 6.83. The van der Waals surface area contributed by atoms with Crippen molar-refractivity contribution < 1.29 is 4.74 Å². The lowest BCUT2D eigenvalue weighted by Gasteiger charge is -2.26. The number of halogens is 1. The summed E-state index contributed by atoms with van der Waals surface area (Å²) in [5.74, 6) is 1.41. The smallest absolute Gasteiger partial charge is 0.233 e. The van der Waals surface area contributed by atoms with E-state index < -0.39 is 0 Å². The molecule has 3 heterocycles. The summed E-state index contributed by atoms with van der Waals surface area (Å²) in [6.07, 6.45) is 2.75. The third kappa shape index (κ3) is 7.41. The minimum atomic E-state index is 0.442. The van der Waals surface area contributed by atoms with Crippen LogP contribution >= 0.6 is 11.6 Å². The number of rotatable bonds is 11. The first-order valence-corrected chi connectivity index (χ1v) is 14.4. The molecule has 214 valence electrons. The molecule has 11 heteroatoms. The van der Waals surface area contributed by atoms with Crippen LogP contribution in [-0.2, 0) is 4.74 Å². The largest absolute Gasteiger partial charge is 0.379 e. The first-order chi connectivity index (χ1) is 20.7. The second-order valence-corrected chi connectivity index (χ2v) is 10.3. The van der Waals surface area contributed by atoms with Crippen LogP contribution in [0.3, 0.4) is 0 Å². The Morgan fingerprint density at radius 3 is 2.14 bits per heavy atom. The van der Waals surface area contributed by atoms with Crippen molar-refractivity contribution in [1.82, 2.24) is 24.8 Å². The van der Waals surface area contributed by atoms with Crippen LogP contribution in [0.25, 0.3) is 10.9 Å². The number of aromatic nitrogens is 4. The highest BCUT2D eigenvalue weighted by atomic mass is 35.5. The van der Waals surface area contributed by atoms with Gasteiger partial charge in [0.2, 0.25) is 17.8 Å². The average Bonchev–Trinajstić information content (AvgIpc) is 3.01. The Morgan fingerprint density at radius 2 is 1.40 bits per heavy atom. The van der Waals surface area contributed by atoms with E-state index in [1.165, 1.54) is 0 Å². The summed E-state index contributed by atoms with van der Waals surface area (Å²) in [4.78, 5) is 20.7. The third-order valence-corrected chi connectivity index (χ3v) is 7.06. The number of fused-ring (bicyclic) bond motifs is 1. The number of morpholine rings is 1. The van der Waals surface area contributed by atoms with Crippen LogP contribution in [0, 0.1) is 0 Å². The Bertz CT molecular complexity index is 1610. The Balaban J connectivity index is 1.14. The second-order valence-electron chi connectivity index (χ2n) is 9.88. The van der Waals surface area contributed by atoms with E-state index in [2.05, 4.69) is 46.1 Å². The Labute approximate surface area is 249 Å². The molecule has 1 aliphatic heterocycles. The van der Waals surface area contributed by atoms with E-state index >= 15 is 0 Å². The monoisotopic (exact) mass is 581 g/mol. The second kappa shape index (κ2) is 13.4. The van der Waals surface area contributed by atoms with Gasteiger partial charge in [-0.25, -0.2) is 0 Å². The van der Waals surface area contributed by atoms with Gasteiger partial charge in [-0.1, -0.05) is 29.8 Å². The molecule has 5 aromatic rings. The van der Waals surface area contributed by atoms with Crippen LogP contribution < -0.4 is 21.3 Å². The van der Waals surface area contributed by atoms with Gasteiger partial charge in [-0.15, -0.1) is 0 Å². The molecule has 42 heavy (non-hydrogen) atoms. The van der Waals surface area contributed by atoms with Gasteiger partial charge >= 0.3 is 0 Å². The minimum absolute atomic E-state index is 0.442. The van der Waals surface area contributed by atoms with Gasteiger partial charge in [0.05, 0.1) is 18.7 Å². The van der Waals surface area contributed by atoms with Gasteiger partial charge in [0.1, 0.15) is 0 Å². The first-order valence-electron chi connectivity index (χ1n) is 14.0. The summed E-state index contributed by atoms with van der Waals surface area (Å²) in [5.41, 5.74) is 4.48. The van der Waals surface area contributed by atoms with E-state index in [9.17, 15) is 0 Å². The molecular formula is C31H32ClN9O. The predicted octanol–water partition coefficient (Wildman–Crippen LogP) is 6.44. The summed E-state index contributed by atoms with van der Waals surface area (Å²) < 4.78 is 5.44. The van der Waals surface area contributed by atoms with Crippen LogP contribution in [0.5, 0.6) is 0 Å². The SMILES string of the molecule is Clc1ccc2c(Nc3ccc(Nc4nc(NCCCN5CCOCC5)nc(Nc5ccccc5)n4)cc3)ccnc2c1. The lowest BCUT2D eigenvalue weighted by molar-refractivity contribution is 0.0378. The zero-order valence-electron chi connectivity index (χ0n) is 23.1. The quantitative estimate of drug-likeness (QED) is 0.130. The fourth-order valence-corrected chi connectivity index (χ4v) is 4.86. The van der Waals surface area contributed by atoms with Crippen LogP contribution in [0.15, 0.2) is 85.1 Å². The van der Waals surface area contributed by atoms with E-state index in [0.717, 1.165) is 79.5 Å². The summed E-state index contributed by atoms with van der Waals surface area (Å²) in [5, 5.41) is 15.1. The molecule has 0 bridgehead atoms. The highest BCUT2D eigenvalue weighted by Gasteiger charge is 2.11. The fraction of sp³-hybridized carbons (Fsp3) is 0.226. The first kappa shape index (κ1) is 27.6. The molecule has 0 saturated carbocycles. The highest BCUT2D eigenvalue weighted by molar-refractivity contribution is 6.31. The molecule has 10 nitrogen and oxygen atoms in total.